The predicted octanol–water partition coefficient (Wildman–Crippen LogP) is -0.285. The Hall–Kier alpha value is -0.710. The lowest BCUT2D eigenvalue weighted by Gasteiger charge is -2.09. The van der Waals surface area contributed by atoms with Crippen molar-refractivity contribution in [3.05, 3.63) is 0 Å². The van der Waals surface area contributed by atoms with Crippen LogP contribution in [0.15, 0.2) is 0 Å². The summed E-state index contributed by atoms with van der Waals surface area (Å²) in [5, 5.41) is 2.02. The molecule has 0 unspecified atom stereocenters. The number of hydrogen-bond donors (Lipinski definition) is 2. The Bertz CT molecular complexity index is 118. The molecular weight excluding hydrogens is 142 g/mol. The molecule has 0 bridgehead atoms. The molecule has 0 rings (SSSR count). The number of hydrogen-bond acceptors (Lipinski definition) is 2. The van der Waals surface area contributed by atoms with Gasteiger partial charge in [0.1, 0.15) is 0 Å². The van der Waals surface area contributed by atoms with Crippen LogP contribution in [-0.4, -0.2) is 24.9 Å². The second-order valence-electron chi connectivity index (χ2n) is 1.95. The third kappa shape index (κ3) is 3.34. The Kier molecular flexibility index (Phi) is 3.87. The highest BCUT2D eigenvalue weighted by Gasteiger charge is 2.15. The molecule has 0 aliphatic rings. The van der Waals surface area contributed by atoms with Crippen molar-refractivity contribution in [2.24, 2.45) is 5.73 Å². The van der Waals surface area contributed by atoms with Crippen LogP contribution >= 0.6 is 0 Å². The lowest BCUT2D eigenvalue weighted by molar-refractivity contribution is -0.132. The molecule has 0 spiro atoms. The Morgan fingerprint density at radius 1 is 1.70 bits per heavy atom. The summed E-state index contributed by atoms with van der Waals surface area (Å²) in [4.78, 5) is 10.2. The number of carbonyl (C=O) groups excluding carboxylic acids is 1. The predicted molar refractivity (Wildman–Crippen MR) is 32.7 cm³/mol. The third-order valence-electron chi connectivity index (χ3n) is 0.940. The second-order valence-corrected chi connectivity index (χ2v) is 1.95. The van der Waals surface area contributed by atoms with E-state index in [2.05, 4.69) is 0 Å². The summed E-state index contributed by atoms with van der Waals surface area (Å²) < 4.78 is 22.9. The van der Waals surface area contributed by atoms with E-state index in [9.17, 15) is 13.6 Å². The number of rotatable bonds is 3. The molecule has 0 heterocycles. The normalized spacial score (nSPS) is 13.3. The van der Waals surface area contributed by atoms with Gasteiger partial charge in [-0.25, -0.2) is 0 Å². The molecule has 5 heteroatoms. The van der Waals surface area contributed by atoms with Gasteiger partial charge in [0.2, 0.25) is 0 Å². The third-order valence-corrected chi connectivity index (χ3v) is 0.940. The van der Waals surface area contributed by atoms with Crippen LogP contribution in [0, 0.1) is 0 Å². The van der Waals surface area contributed by atoms with Crippen molar-refractivity contribution in [2.75, 3.05) is 6.54 Å². The fourth-order valence-electron chi connectivity index (χ4n) is 0.365. The monoisotopic (exact) mass is 152 g/mol. The zero-order valence-corrected chi connectivity index (χ0v) is 5.60. The number of amides is 1. The smallest absolute Gasteiger partial charge is 0.315 e. The van der Waals surface area contributed by atoms with Crippen molar-refractivity contribution in [2.45, 2.75) is 19.4 Å². The molecule has 0 fully saturated rings. The van der Waals surface area contributed by atoms with Crippen LogP contribution < -0.4 is 11.1 Å². The average Bonchev–Trinajstić information content (AvgIpc) is 1.87. The summed E-state index contributed by atoms with van der Waals surface area (Å²) in [7, 11) is 0. The fourth-order valence-corrected chi connectivity index (χ4v) is 0.365. The summed E-state index contributed by atoms with van der Waals surface area (Å²) in [6.07, 6.45) is -2.95. The first-order valence-corrected chi connectivity index (χ1v) is 2.86. The lowest BCUT2D eigenvalue weighted by Crippen LogP contribution is -2.40. The molecular formula is C5H10F2N2O. The lowest BCUT2D eigenvalue weighted by atomic mass is 10.3. The van der Waals surface area contributed by atoms with Gasteiger partial charge in [-0.1, -0.05) is 0 Å². The van der Waals surface area contributed by atoms with Crippen molar-refractivity contribution in [3.8, 4) is 0 Å². The molecule has 3 nitrogen and oxygen atoms in total. The number of carbonyl (C=O) groups is 1. The van der Waals surface area contributed by atoms with E-state index in [4.69, 9.17) is 5.73 Å². The molecule has 10 heavy (non-hydrogen) atoms. The van der Waals surface area contributed by atoms with Crippen LogP contribution in [0.1, 0.15) is 6.92 Å². The molecule has 1 amide bonds. The van der Waals surface area contributed by atoms with Gasteiger partial charge in [-0.15, -0.1) is 0 Å². The molecule has 0 aliphatic heterocycles. The van der Waals surface area contributed by atoms with Gasteiger partial charge in [-0.3, -0.25) is 4.79 Å². The first-order chi connectivity index (χ1) is 4.57. The number of nitrogens with two attached hydrogens (primary N) is 1. The van der Waals surface area contributed by atoms with Crippen LogP contribution in [-0.2, 0) is 4.79 Å². The zero-order chi connectivity index (χ0) is 8.15. The first kappa shape index (κ1) is 9.29. The van der Waals surface area contributed by atoms with Crippen LogP contribution in [0.4, 0.5) is 8.78 Å². The summed E-state index contributed by atoms with van der Waals surface area (Å²) in [5.41, 5.74) is 5.06. The van der Waals surface area contributed by atoms with Crippen LogP contribution in [0.2, 0.25) is 0 Å². The molecule has 0 aliphatic carbocycles. The van der Waals surface area contributed by atoms with E-state index in [1.54, 1.807) is 6.92 Å². The molecule has 0 aromatic carbocycles. The Morgan fingerprint density at radius 2 is 2.20 bits per heavy atom. The van der Waals surface area contributed by atoms with Crippen molar-refractivity contribution >= 4 is 5.91 Å². The van der Waals surface area contributed by atoms with Gasteiger partial charge in [0, 0.05) is 12.6 Å². The maximum Gasteiger partial charge on any atom is 0.315 e. The van der Waals surface area contributed by atoms with Crippen molar-refractivity contribution < 1.29 is 13.6 Å². The number of halogens is 2. The maximum absolute atomic E-state index is 11.5. The number of alkyl halides is 2. The summed E-state index contributed by atoms with van der Waals surface area (Å²) in [5.74, 6) is -1.27. The van der Waals surface area contributed by atoms with E-state index in [1.807, 2.05) is 5.32 Å². The van der Waals surface area contributed by atoms with E-state index in [1.165, 1.54) is 0 Å². The molecule has 1 atom stereocenters. The summed E-state index contributed by atoms with van der Waals surface area (Å²) in [6, 6.07) is -0.388. The second kappa shape index (κ2) is 4.16. The van der Waals surface area contributed by atoms with Gasteiger partial charge in [-0.2, -0.15) is 8.78 Å². The summed E-state index contributed by atoms with van der Waals surface area (Å²) in [6.45, 7) is 1.72. The van der Waals surface area contributed by atoms with Gasteiger partial charge in [0.15, 0.2) is 0 Å². The SMILES string of the molecule is C[C@H](CN)NC(=O)C(F)F. The Balaban J connectivity index is 3.57. The number of nitrogens with one attached hydrogen (secondary N) is 1. The minimum absolute atomic E-state index is 0.165. The maximum atomic E-state index is 11.5. The minimum atomic E-state index is -2.95. The van der Waals surface area contributed by atoms with Gasteiger partial charge in [0.05, 0.1) is 0 Å². The fraction of sp³-hybridized carbons (Fsp3) is 0.800. The van der Waals surface area contributed by atoms with Crippen molar-refractivity contribution in [1.29, 1.82) is 0 Å². The Labute approximate surface area is 57.6 Å². The standard InChI is InChI=1S/C5H10F2N2O/c1-3(2-8)9-5(10)4(6)7/h3-4H,2,8H2,1H3,(H,9,10)/t3-/m1/s1. The summed E-state index contributed by atoms with van der Waals surface area (Å²) >= 11 is 0. The topological polar surface area (TPSA) is 55.1 Å². The van der Waals surface area contributed by atoms with Crippen LogP contribution in [0.25, 0.3) is 0 Å². The largest absolute Gasteiger partial charge is 0.347 e. The average molecular weight is 152 g/mol. The molecule has 3 N–H and O–H groups in total. The molecule has 0 aromatic rings. The highest BCUT2D eigenvalue weighted by Crippen LogP contribution is 1.91. The van der Waals surface area contributed by atoms with Gasteiger partial charge in [-0.05, 0) is 6.92 Å². The Morgan fingerprint density at radius 3 is 2.50 bits per heavy atom. The highest BCUT2D eigenvalue weighted by molar-refractivity contribution is 5.79. The molecule has 60 valence electrons. The highest BCUT2D eigenvalue weighted by atomic mass is 19.3. The van der Waals surface area contributed by atoms with Gasteiger partial charge in [0.25, 0.3) is 5.91 Å². The van der Waals surface area contributed by atoms with Crippen LogP contribution in [0.3, 0.4) is 0 Å². The van der Waals surface area contributed by atoms with E-state index >= 15 is 0 Å². The van der Waals surface area contributed by atoms with Crippen LogP contribution in [0.5, 0.6) is 0 Å². The van der Waals surface area contributed by atoms with E-state index < -0.39 is 12.3 Å². The van der Waals surface area contributed by atoms with Crippen molar-refractivity contribution in [1.82, 2.24) is 5.32 Å². The molecule has 0 saturated carbocycles. The van der Waals surface area contributed by atoms with Gasteiger partial charge < -0.3 is 11.1 Å². The quantitative estimate of drug-likeness (QED) is 0.584. The first-order valence-electron chi connectivity index (χ1n) is 2.86. The minimum Gasteiger partial charge on any atom is -0.347 e. The molecule has 0 radical (unpaired) electrons. The zero-order valence-electron chi connectivity index (χ0n) is 5.60. The molecule has 0 aromatic heterocycles. The van der Waals surface area contributed by atoms with E-state index in [-0.39, 0.29) is 12.6 Å². The molecule has 0 saturated heterocycles. The van der Waals surface area contributed by atoms with E-state index in [0.29, 0.717) is 0 Å². The van der Waals surface area contributed by atoms with Gasteiger partial charge >= 0.3 is 6.43 Å². The van der Waals surface area contributed by atoms with E-state index in [0.717, 1.165) is 0 Å². The van der Waals surface area contributed by atoms with Crippen molar-refractivity contribution in [3.63, 3.8) is 0 Å².